The first-order chi connectivity index (χ1) is 11.7. The molecule has 0 radical (unpaired) electrons. The molecule has 0 bridgehead atoms. The van der Waals surface area contributed by atoms with E-state index in [1.54, 1.807) is 4.90 Å². The average Bonchev–Trinajstić information content (AvgIpc) is 2.64. The van der Waals surface area contributed by atoms with E-state index >= 15 is 0 Å². The van der Waals surface area contributed by atoms with E-state index in [0.717, 1.165) is 30.9 Å². The third kappa shape index (κ3) is 4.83. The normalized spacial score (nSPS) is 10.5. The number of carbonyl (C=O) groups excluding carboxylic acids is 1. The first-order valence-corrected chi connectivity index (χ1v) is 8.44. The Labute approximate surface area is 145 Å². The lowest BCUT2D eigenvalue weighted by molar-refractivity contribution is 0.0797. The third-order valence-electron chi connectivity index (χ3n) is 4.12. The van der Waals surface area contributed by atoms with Crippen molar-refractivity contribution in [3.05, 3.63) is 65.7 Å². The second-order valence-corrected chi connectivity index (χ2v) is 5.88. The molecule has 0 spiro atoms. The highest BCUT2D eigenvalue weighted by molar-refractivity contribution is 5.94. The van der Waals surface area contributed by atoms with Crippen LogP contribution >= 0.6 is 0 Å². The van der Waals surface area contributed by atoms with E-state index in [2.05, 4.69) is 41.4 Å². The van der Waals surface area contributed by atoms with Crippen molar-refractivity contribution in [1.29, 1.82) is 0 Å². The van der Waals surface area contributed by atoms with Crippen LogP contribution in [0.2, 0.25) is 0 Å². The SMILES string of the molecule is CCN(Cc1ccccc1)c1ccc(C(=O)N(C)CCNC)cc1. The maximum absolute atomic E-state index is 12.4. The van der Waals surface area contributed by atoms with Gasteiger partial charge < -0.3 is 15.1 Å². The van der Waals surface area contributed by atoms with Crippen LogP contribution in [0.5, 0.6) is 0 Å². The van der Waals surface area contributed by atoms with Gasteiger partial charge >= 0.3 is 0 Å². The Balaban J connectivity index is 2.05. The van der Waals surface area contributed by atoms with E-state index in [9.17, 15) is 4.79 Å². The number of anilines is 1. The van der Waals surface area contributed by atoms with Gasteiger partial charge in [-0.15, -0.1) is 0 Å². The van der Waals surface area contributed by atoms with E-state index < -0.39 is 0 Å². The van der Waals surface area contributed by atoms with Crippen LogP contribution in [0.4, 0.5) is 5.69 Å². The fourth-order valence-corrected chi connectivity index (χ4v) is 2.61. The molecule has 2 aromatic rings. The Morgan fingerprint density at radius 2 is 1.71 bits per heavy atom. The molecule has 1 amide bonds. The van der Waals surface area contributed by atoms with E-state index in [0.29, 0.717) is 6.54 Å². The number of carbonyl (C=O) groups is 1. The average molecular weight is 325 g/mol. The van der Waals surface area contributed by atoms with Crippen molar-refractivity contribution in [3.8, 4) is 0 Å². The summed E-state index contributed by atoms with van der Waals surface area (Å²) in [6, 6.07) is 18.3. The molecule has 0 aliphatic carbocycles. The van der Waals surface area contributed by atoms with Gasteiger partial charge in [-0.1, -0.05) is 30.3 Å². The van der Waals surface area contributed by atoms with E-state index in [1.807, 2.05) is 44.4 Å². The number of nitrogens with zero attached hydrogens (tertiary/aromatic N) is 2. The Morgan fingerprint density at radius 1 is 1.04 bits per heavy atom. The Kier molecular flexibility index (Phi) is 6.82. The van der Waals surface area contributed by atoms with Gasteiger partial charge in [-0.2, -0.15) is 0 Å². The van der Waals surface area contributed by atoms with Crippen LogP contribution in [0, 0.1) is 0 Å². The second kappa shape index (κ2) is 9.08. The van der Waals surface area contributed by atoms with Crippen LogP contribution in [-0.2, 0) is 6.54 Å². The highest BCUT2D eigenvalue weighted by Gasteiger charge is 2.12. The van der Waals surface area contributed by atoms with Gasteiger partial charge in [0.2, 0.25) is 0 Å². The molecule has 0 fully saturated rings. The zero-order chi connectivity index (χ0) is 17.4. The topological polar surface area (TPSA) is 35.6 Å². The molecule has 4 nitrogen and oxygen atoms in total. The number of hydrogen-bond donors (Lipinski definition) is 1. The predicted octanol–water partition coefficient (Wildman–Crippen LogP) is 3.00. The van der Waals surface area contributed by atoms with Gasteiger partial charge in [0.15, 0.2) is 0 Å². The summed E-state index contributed by atoms with van der Waals surface area (Å²) >= 11 is 0. The molecule has 0 unspecified atom stereocenters. The fraction of sp³-hybridized carbons (Fsp3) is 0.350. The number of nitrogens with one attached hydrogen (secondary N) is 1. The molecule has 128 valence electrons. The molecule has 0 aromatic heterocycles. The molecular weight excluding hydrogens is 298 g/mol. The molecule has 4 heteroatoms. The molecule has 1 N–H and O–H groups in total. The summed E-state index contributed by atoms with van der Waals surface area (Å²) < 4.78 is 0. The lowest BCUT2D eigenvalue weighted by Crippen LogP contribution is -2.32. The van der Waals surface area contributed by atoms with Gasteiger partial charge in [0.25, 0.3) is 5.91 Å². The molecule has 2 rings (SSSR count). The van der Waals surface area contributed by atoms with Crippen LogP contribution in [-0.4, -0.2) is 44.5 Å². The highest BCUT2D eigenvalue weighted by atomic mass is 16.2. The van der Waals surface area contributed by atoms with Crippen LogP contribution in [0.1, 0.15) is 22.8 Å². The van der Waals surface area contributed by atoms with Crippen molar-refractivity contribution < 1.29 is 4.79 Å². The Morgan fingerprint density at radius 3 is 2.29 bits per heavy atom. The van der Waals surface area contributed by atoms with Crippen LogP contribution in [0.15, 0.2) is 54.6 Å². The van der Waals surface area contributed by atoms with E-state index in [1.165, 1.54) is 5.56 Å². The Bertz CT molecular complexity index is 625. The largest absolute Gasteiger partial charge is 0.367 e. The minimum Gasteiger partial charge on any atom is -0.367 e. The maximum Gasteiger partial charge on any atom is 0.253 e. The maximum atomic E-state index is 12.4. The standard InChI is InChI=1S/C20H27N3O/c1-4-23(16-17-8-6-5-7-9-17)19-12-10-18(11-13-19)20(24)22(3)15-14-21-2/h5-13,21H,4,14-16H2,1-3H3. The van der Waals surface area contributed by atoms with Crippen molar-refractivity contribution >= 4 is 11.6 Å². The van der Waals surface area contributed by atoms with Crippen molar-refractivity contribution in [2.75, 3.05) is 38.6 Å². The monoisotopic (exact) mass is 325 g/mol. The first kappa shape index (κ1) is 18.0. The van der Waals surface area contributed by atoms with Crippen molar-refractivity contribution in [3.63, 3.8) is 0 Å². The highest BCUT2D eigenvalue weighted by Crippen LogP contribution is 2.18. The summed E-state index contributed by atoms with van der Waals surface area (Å²) in [5, 5.41) is 3.06. The van der Waals surface area contributed by atoms with Gasteiger partial charge in [0.1, 0.15) is 0 Å². The van der Waals surface area contributed by atoms with Gasteiger partial charge in [-0.05, 0) is 43.8 Å². The summed E-state index contributed by atoms with van der Waals surface area (Å²) in [6.45, 7) is 5.43. The molecule has 24 heavy (non-hydrogen) atoms. The number of rotatable bonds is 8. The van der Waals surface area contributed by atoms with Gasteiger partial charge in [0.05, 0.1) is 0 Å². The lowest BCUT2D eigenvalue weighted by atomic mass is 10.1. The Hall–Kier alpha value is -2.33. The second-order valence-electron chi connectivity index (χ2n) is 5.88. The number of hydrogen-bond acceptors (Lipinski definition) is 3. The van der Waals surface area contributed by atoms with Crippen LogP contribution in [0.3, 0.4) is 0 Å². The number of amides is 1. The van der Waals surface area contributed by atoms with Gasteiger partial charge in [-0.3, -0.25) is 4.79 Å². The summed E-state index contributed by atoms with van der Waals surface area (Å²) in [7, 11) is 3.72. The smallest absolute Gasteiger partial charge is 0.253 e. The molecule has 0 saturated heterocycles. The lowest BCUT2D eigenvalue weighted by Gasteiger charge is -2.24. The zero-order valence-corrected chi connectivity index (χ0v) is 14.8. The molecule has 0 saturated carbocycles. The van der Waals surface area contributed by atoms with Crippen LogP contribution < -0.4 is 10.2 Å². The number of likely N-dealkylation sites (N-methyl/N-ethyl adjacent to an activating group) is 2. The van der Waals surface area contributed by atoms with Crippen LogP contribution in [0.25, 0.3) is 0 Å². The molecule has 0 aliphatic heterocycles. The molecule has 2 aromatic carbocycles. The predicted molar refractivity (Wildman–Crippen MR) is 100 cm³/mol. The summed E-state index contributed by atoms with van der Waals surface area (Å²) in [4.78, 5) is 16.4. The quantitative estimate of drug-likeness (QED) is 0.810. The molecule has 0 heterocycles. The first-order valence-electron chi connectivity index (χ1n) is 8.44. The molecular formula is C20H27N3O. The third-order valence-corrected chi connectivity index (χ3v) is 4.12. The van der Waals surface area contributed by atoms with Gasteiger partial charge in [0, 0.05) is 44.5 Å². The minimum absolute atomic E-state index is 0.0582. The summed E-state index contributed by atoms with van der Waals surface area (Å²) in [6.07, 6.45) is 0. The van der Waals surface area contributed by atoms with Crippen molar-refractivity contribution in [2.45, 2.75) is 13.5 Å². The minimum atomic E-state index is 0.0582. The van der Waals surface area contributed by atoms with Gasteiger partial charge in [-0.25, -0.2) is 0 Å². The fourth-order valence-electron chi connectivity index (χ4n) is 2.61. The van der Waals surface area contributed by atoms with Crippen molar-refractivity contribution in [1.82, 2.24) is 10.2 Å². The van der Waals surface area contributed by atoms with E-state index in [-0.39, 0.29) is 5.91 Å². The van der Waals surface area contributed by atoms with E-state index in [4.69, 9.17) is 0 Å². The number of benzene rings is 2. The summed E-state index contributed by atoms with van der Waals surface area (Å²) in [5.41, 5.74) is 3.15. The zero-order valence-electron chi connectivity index (χ0n) is 14.8. The molecule has 0 atom stereocenters. The van der Waals surface area contributed by atoms with Crippen molar-refractivity contribution in [2.24, 2.45) is 0 Å². The summed E-state index contributed by atoms with van der Waals surface area (Å²) in [5.74, 6) is 0.0582. The molecule has 0 aliphatic rings.